The van der Waals surface area contributed by atoms with Crippen LogP contribution >= 0.6 is 0 Å². The van der Waals surface area contributed by atoms with E-state index >= 15 is 0 Å². The summed E-state index contributed by atoms with van der Waals surface area (Å²) < 4.78 is 11.6. The SMILES string of the molecule is Cc1cc(C)c2oc(C(=O)NC[C@@H](c3ccc(C)o3)N3CCCC3)cc(=O)c2c1. The van der Waals surface area contributed by atoms with Crippen LogP contribution in [0.3, 0.4) is 0 Å². The van der Waals surface area contributed by atoms with Gasteiger partial charge in [-0.2, -0.15) is 0 Å². The molecule has 1 saturated heterocycles. The molecule has 0 aliphatic carbocycles. The van der Waals surface area contributed by atoms with Gasteiger partial charge in [-0.05, 0) is 76.0 Å². The molecule has 29 heavy (non-hydrogen) atoms. The molecule has 0 radical (unpaired) electrons. The first-order valence-electron chi connectivity index (χ1n) is 10.1. The molecule has 3 heterocycles. The molecule has 3 aromatic rings. The number of benzene rings is 1. The quantitative estimate of drug-likeness (QED) is 0.711. The highest BCUT2D eigenvalue weighted by Crippen LogP contribution is 2.26. The van der Waals surface area contributed by atoms with Crippen molar-refractivity contribution in [3.63, 3.8) is 0 Å². The van der Waals surface area contributed by atoms with Crippen LogP contribution in [0.15, 0.2) is 44.0 Å². The summed E-state index contributed by atoms with van der Waals surface area (Å²) in [6.07, 6.45) is 2.28. The average molecular weight is 394 g/mol. The second-order valence-corrected chi connectivity index (χ2v) is 7.85. The van der Waals surface area contributed by atoms with Gasteiger partial charge in [0.2, 0.25) is 0 Å². The van der Waals surface area contributed by atoms with Crippen molar-refractivity contribution in [1.82, 2.24) is 10.2 Å². The second-order valence-electron chi connectivity index (χ2n) is 7.85. The van der Waals surface area contributed by atoms with Crippen molar-refractivity contribution in [2.75, 3.05) is 19.6 Å². The summed E-state index contributed by atoms with van der Waals surface area (Å²) in [5.41, 5.74) is 2.08. The molecule has 6 nitrogen and oxygen atoms in total. The van der Waals surface area contributed by atoms with Crippen LogP contribution in [0.4, 0.5) is 0 Å². The smallest absolute Gasteiger partial charge is 0.287 e. The molecule has 4 rings (SSSR count). The van der Waals surface area contributed by atoms with Gasteiger partial charge in [0.1, 0.15) is 17.1 Å². The highest BCUT2D eigenvalue weighted by atomic mass is 16.3. The minimum absolute atomic E-state index is 0.0326. The zero-order chi connectivity index (χ0) is 20.5. The molecular weight excluding hydrogens is 368 g/mol. The Morgan fingerprint density at radius 2 is 1.86 bits per heavy atom. The number of hydrogen-bond acceptors (Lipinski definition) is 5. The first-order chi connectivity index (χ1) is 13.9. The number of amides is 1. The highest BCUT2D eigenvalue weighted by Gasteiger charge is 2.27. The number of nitrogens with one attached hydrogen (secondary N) is 1. The van der Waals surface area contributed by atoms with Crippen LogP contribution in [0.25, 0.3) is 11.0 Å². The highest BCUT2D eigenvalue weighted by molar-refractivity contribution is 5.93. The summed E-state index contributed by atoms with van der Waals surface area (Å²) in [5, 5.41) is 3.43. The van der Waals surface area contributed by atoms with Gasteiger partial charge in [-0.1, -0.05) is 6.07 Å². The van der Waals surface area contributed by atoms with E-state index in [4.69, 9.17) is 8.83 Å². The largest absolute Gasteiger partial charge is 0.465 e. The van der Waals surface area contributed by atoms with Crippen molar-refractivity contribution in [2.45, 2.75) is 39.7 Å². The fourth-order valence-electron chi connectivity index (χ4n) is 4.09. The van der Waals surface area contributed by atoms with Gasteiger partial charge in [0.05, 0.1) is 11.4 Å². The standard InChI is InChI=1S/C23H26N2O4/c1-14-10-15(2)22-17(11-14)19(26)12-21(29-22)23(27)24-13-18(25-8-4-5-9-25)20-7-6-16(3)28-20/h6-7,10-12,18H,4-5,8-9,13H2,1-3H3,(H,24,27)/t18-/m0/s1. The Hall–Kier alpha value is -2.86. The number of hydrogen-bond donors (Lipinski definition) is 1. The van der Waals surface area contributed by atoms with Crippen molar-refractivity contribution in [2.24, 2.45) is 0 Å². The molecule has 1 aromatic carbocycles. The maximum Gasteiger partial charge on any atom is 0.287 e. The zero-order valence-electron chi connectivity index (χ0n) is 17.1. The Morgan fingerprint density at radius 1 is 1.10 bits per heavy atom. The number of carbonyl (C=O) groups is 1. The lowest BCUT2D eigenvalue weighted by atomic mass is 10.1. The monoisotopic (exact) mass is 394 g/mol. The fourth-order valence-corrected chi connectivity index (χ4v) is 4.09. The van der Waals surface area contributed by atoms with Crippen LogP contribution in [0.5, 0.6) is 0 Å². The van der Waals surface area contributed by atoms with Gasteiger partial charge in [-0.3, -0.25) is 14.5 Å². The molecule has 1 amide bonds. The molecular formula is C23H26N2O4. The van der Waals surface area contributed by atoms with Gasteiger partial charge in [0, 0.05) is 12.6 Å². The van der Waals surface area contributed by atoms with Crippen LogP contribution in [0, 0.1) is 20.8 Å². The number of carbonyl (C=O) groups excluding carboxylic acids is 1. The lowest BCUT2D eigenvalue weighted by molar-refractivity contribution is 0.0906. The molecule has 0 unspecified atom stereocenters. The molecule has 1 fully saturated rings. The molecule has 2 aromatic heterocycles. The summed E-state index contributed by atoms with van der Waals surface area (Å²) in [7, 11) is 0. The van der Waals surface area contributed by atoms with Crippen molar-refractivity contribution in [3.05, 3.63) is 69.0 Å². The van der Waals surface area contributed by atoms with Gasteiger partial charge in [0.25, 0.3) is 5.91 Å². The predicted molar refractivity (Wildman–Crippen MR) is 111 cm³/mol. The third-order valence-corrected chi connectivity index (χ3v) is 5.51. The summed E-state index contributed by atoms with van der Waals surface area (Å²) >= 11 is 0. The molecule has 1 aliphatic heterocycles. The van der Waals surface area contributed by atoms with E-state index in [0.29, 0.717) is 17.5 Å². The first kappa shape index (κ1) is 19.5. The fraction of sp³-hybridized carbons (Fsp3) is 0.391. The van der Waals surface area contributed by atoms with Crippen LogP contribution in [0.2, 0.25) is 0 Å². The number of nitrogens with zero attached hydrogens (tertiary/aromatic N) is 1. The maximum atomic E-state index is 12.8. The Morgan fingerprint density at radius 3 is 2.55 bits per heavy atom. The minimum Gasteiger partial charge on any atom is -0.465 e. The van der Waals surface area contributed by atoms with Gasteiger partial charge in [-0.25, -0.2) is 0 Å². The Labute approximate surface area is 169 Å². The lowest BCUT2D eigenvalue weighted by Crippen LogP contribution is -2.36. The molecule has 1 atom stereocenters. The molecule has 1 N–H and O–H groups in total. The number of aryl methyl sites for hydroxylation is 3. The summed E-state index contributed by atoms with van der Waals surface area (Å²) in [6, 6.07) is 8.87. The topological polar surface area (TPSA) is 75.7 Å². The van der Waals surface area contributed by atoms with E-state index in [1.807, 2.05) is 39.0 Å². The summed E-state index contributed by atoms with van der Waals surface area (Å²) in [6.45, 7) is 8.06. The average Bonchev–Trinajstić information content (AvgIpc) is 3.35. The van der Waals surface area contributed by atoms with E-state index in [9.17, 15) is 9.59 Å². The van der Waals surface area contributed by atoms with Crippen LogP contribution < -0.4 is 10.7 Å². The molecule has 0 spiro atoms. The Bertz CT molecular complexity index is 1110. The lowest BCUT2D eigenvalue weighted by Gasteiger charge is -2.26. The van der Waals surface area contributed by atoms with Crippen molar-refractivity contribution in [1.29, 1.82) is 0 Å². The van der Waals surface area contributed by atoms with E-state index < -0.39 is 5.91 Å². The molecule has 0 saturated carbocycles. The van der Waals surface area contributed by atoms with Gasteiger partial charge >= 0.3 is 0 Å². The second kappa shape index (κ2) is 7.87. The summed E-state index contributed by atoms with van der Waals surface area (Å²) in [5.74, 6) is 1.33. The number of rotatable bonds is 5. The Balaban J connectivity index is 1.57. The van der Waals surface area contributed by atoms with E-state index in [0.717, 1.165) is 48.6 Å². The van der Waals surface area contributed by atoms with Crippen molar-refractivity contribution in [3.8, 4) is 0 Å². The van der Waals surface area contributed by atoms with Crippen LogP contribution in [-0.4, -0.2) is 30.4 Å². The molecule has 1 aliphatic rings. The molecule has 152 valence electrons. The molecule has 0 bridgehead atoms. The predicted octanol–water partition coefficient (Wildman–Crippen LogP) is 3.88. The Kier molecular flexibility index (Phi) is 5.28. The minimum atomic E-state index is -0.392. The first-order valence-corrected chi connectivity index (χ1v) is 10.1. The summed E-state index contributed by atoms with van der Waals surface area (Å²) in [4.78, 5) is 27.6. The number of furan rings is 1. The number of fused-ring (bicyclic) bond motifs is 1. The van der Waals surface area contributed by atoms with E-state index in [1.165, 1.54) is 6.07 Å². The van der Waals surface area contributed by atoms with Crippen molar-refractivity contribution >= 4 is 16.9 Å². The normalized spacial score (nSPS) is 15.7. The third-order valence-electron chi connectivity index (χ3n) is 5.51. The maximum absolute atomic E-state index is 12.8. The van der Waals surface area contributed by atoms with Gasteiger partial charge < -0.3 is 14.2 Å². The van der Waals surface area contributed by atoms with E-state index in [2.05, 4.69) is 10.2 Å². The van der Waals surface area contributed by atoms with Crippen molar-refractivity contribution < 1.29 is 13.6 Å². The van der Waals surface area contributed by atoms with Gasteiger partial charge in [-0.15, -0.1) is 0 Å². The number of likely N-dealkylation sites (tertiary alicyclic amines) is 1. The third kappa shape index (κ3) is 3.98. The van der Waals surface area contributed by atoms with Crippen LogP contribution in [-0.2, 0) is 0 Å². The zero-order valence-corrected chi connectivity index (χ0v) is 17.1. The van der Waals surface area contributed by atoms with E-state index in [1.54, 1.807) is 6.07 Å². The molecule has 6 heteroatoms. The van der Waals surface area contributed by atoms with Crippen LogP contribution in [0.1, 0.15) is 52.1 Å². The van der Waals surface area contributed by atoms with E-state index in [-0.39, 0.29) is 17.2 Å². The van der Waals surface area contributed by atoms with Gasteiger partial charge in [0.15, 0.2) is 11.2 Å².